The first kappa shape index (κ1) is 18.6. The third kappa shape index (κ3) is 4.27. The fourth-order valence-electron chi connectivity index (χ4n) is 2.70. The van der Waals surface area contributed by atoms with E-state index in [2.05, 4.69) is 5.32 Å². The van der Waals surface area contributed by atoms with Gasteiger partial charge in [0, 0.05) is 13.1 Å². The normalized spacial score (nSPS) is 14.0. The van der Waals surface area contributed by atoms with Gasteiger partial charge in [0.1, 0.15) is 0 Å². The van der Waals surface area contributed by atoms with Crippen molar-refractivity contribution in [1.82, 2.24) is 10.2 Å². The van der Waals surface area contributed by atoms with E-state index in [-0.39, 0.29) is 18.3 Å². The summed E-state index contributed by atoms with van der Waals surface area (Å²) in [6, 6.07) is 3.93. The van der Waals surface area contributed by atoms with E-state index in [0.717, 1.165) is 43.8 Å². The van der Waals surface area contributed by atoms with Crippen molar-refractivity contribution in [2.75, 3.05) is 40.9 Å². The SMILES string of the molecule is CNCCCN1CCc2cc(OC)c(OC)cc2CC1=O.Cl. The lowest BCUT2D eigenvalue weighted by atomic mass is 10.0. The number of methoxy groups -OCH3 is 2. The van der Waals surface area contributed by atoms with Crippen LogP contribution in [0.1, 0.15) is 17.5 Å². The van der Waals surface area contributed by atoms with Gasteiger partial charge < -0.3 is 19.7 Å². The highest BCUT2D eigenvalue weighted by Gasteiger charge is 2.22. The quantitative estimate of drug-likeness (QED) is 0.807. The summed E-state index contributed by atoms with van der Waals surface area (Å²) >= 11 is 0. The fourth-order valence-corrected chi connectivity index (χ4v) is 2.70. The molecule has 22 heavy (non-hydrogen) atoms. The van der Waals surface area contributed by atoms with Crippen LogP contribution in [0.15, 0.2) is 12.1 Å². The van der Waals surface area contributed by atoms with Crippen LogP contribution in [-0.4, -0.2) is 51.7 Å². The van der Waals surface area contributed by atoms with Gasteiger partial charge in [-0.15, -0.1) is 12.4 Å². The van der Waals surface area contributed by atoms with Crippen molar-refractivity contribution in [2.24, 2.45) is 0 Å². The second kappa shape index (κ2) is 8.86. The van der Waals surface area contributed by atoms with E-state index in [4.69, 9.17) is 9.47 Å². The van der Waals surface area contributed by atoms with Crippen molar-refractivity contribution in [3.63, 3.8) is 0 Å². The number of carbonyl (C=O) groups excluding carboxylic acids is 1. The second-order valence-electron chi connectivity index (χ2n) is 5.24. The molecule has 0 spiro atoms. The fraction of sp³-hybridized carbons (Fsp3) is 0.562. The van der Waals surface area contributed by atoms with Gasteiger partial charge in [0.25, 0.3) is 0 Å². The Labute approximate surface area is 138 Å². The topological polar surface area (TPSA) is 50.8 Å². The van der Waals surface area contributed by atoms with Crippen molar-refractivity contribution < 1.29 is 14.3 Å². The highest BCUT2D eigenvalue weighted by molar-refractivity contribution is 5.85. The molecular formula is C16H25ClN2O3. The largest absolute Gasteiger partial charge is 0.493 e. The standard InChI is InChI=1S/C16H24N2O3.ClH/c1-17-6-4-7-18-8-5-12-9-14(20-2)15(21-3)10-13(12)11-16(18)19;/h9-10,17H,4-8,11H2,1-3H3;1H. The molecule has 1 heterocycles. The van der Waals surface area contributed by atoms with Gasteiger partial charge in [-0.2, -0.15) is 0 Å². The molecule has 124 valence electrons. The average molecular weight is 329 g/mol. The van der Waals surface area contributed by atoms with Crippen LogP contribution in [0.5, 0.6) is 11.5 Å². The number of halogens is 1. The predicted molar refractivity (Wildman–Crippen MR) is 89.3 cm³/mol. The van der Waals surface area contributed by atoms with E-state index in [1.807, 2.05) is 24.1 Å². The van der Waals surface area contributed by atoms with E-state index in [1.54, 1.807) is 14.2 Å². The summed E-state index contributed by atoms with van der Waals surface area (Å²) in [7, 11) is 5.18. The van der Waals surface area contributed by atoms with E-state index >= 15 is 0 Å². The van der Waals surface area contributed by atoms with E-state index < -0.39 is 0 Å². The van der Waals surface area contributed by atoms with Gasteiger partial charge in [0.05, 0.1) is 20.6 Å². The zero-order valence-electron chi connectivity index (χ0n) is 13.5. The maximum atomic E-state index is 12.4. The van der Waals surface area contributed by atoms with Crippen LogP contribution in [0.4, 0.5) is 0 Å². The first-order chi connectivity index (χ1) is 10.2. The molecule has 1 aliphatic heterocycles. The van der Waals surface area contributed by atoms with Gasteiger partial charge in [-0.3, -0.25) is 4.79 Å². The Kier molecular flexibility index (Phi) is 7.48. The number of hydrogen-bond acceptors (Lipinski definition) is 4. The molecule has 0 unspecified atom stereocenters. The van der Waals surface area contributed by atoms with Crippen molar-refractivity contribution in [3.05, 3.63) is 23.3 Å². The molecule has 1 aliphatic rings. The highest BCUT2D eigenvalue weighted by atomic mass is 35.5. The highest BCUT2D eigenvalue weighted by Crippen LogP contribution is 2.32. The first-order valence-corrected chi connectivity index (χ1v) is 7.35. The number of fused-ring (bicyclic) bond motifs is 1. The van der Waals surface area contributed by atoms with Gasteiger partial charge in [-0.25, -0.2) is 0 Å². The zero-order valence-corrected chi connectivity index (χ0v) is 14.3. The molecule has 5 nitrogen and oxygen atoms in total. The van der Waals surface area contributed by atoms with Crippen LogP contribution in [0.25, 0.3) is 0 Å². The number of amides is 1. The Hall–Kier alpha value is -1.46. The first-order valence-electron chi connectivity index (χ1n) is 7.35. The summed E-state index contributed by atoms with van der Waals surface area (Å²) in [5.41, 5.74) is 2.23. The summed E-state index contributed by atoms with van der Waals surface area (Å²) in [5, 5.41) is 3.11. The molecule has 1 aromatic carbocycles. The number of hydrogen-bond donors (Lipinski definition) is 1. The molecule has 6 heteroatoms. The Morgan fingerprint density at radius 3 is 2.41 bits per heavy atom. The molecule has 0 bridgehead atoms. The molecule has 0 atom stereocenters. The van der Waals surface area contributed by atoms with Gasteiger partial charge in [0.2, 0.25) is 5.91 Å². The van der Waals surface area contributed by atoms with Gasteiger partial charge in [-0.1, -0.05) is 0 Å². The number of carbonyl (C=O) groups is 1. The van der Waals surface area contributed by atoms with Gasteiger partial charge in [0.15, 0.2) is 11.5 Å². The average Bonchev–Trinajstić information content (AvgIpc) is 2.65. The van der Waals surface area contributed by atoms with E-state index in [9.17, 15) is 4.79 Å². The lowest BCUT2D eigenvalue weighted by Crippen LogP contribution is -2.34. The number of nitrogens with zero attached hydrogens (tertiary/aromatic N) is 1. The molecule has 0 aromatic heterocycles. The molecule has 2 rings (SSSR count). The van der Waals surface area contributed by atoms with Crippen molar-refractivity contribution in [2.45, 2.75) is 19.3 Å². The summed E-state index contributed by atoms with van der Waals surface area (Å²) in [4.78, 5) is 14.3. The number of ether oxygens (including phenoxy) is 2. The maximum Gasteiger partial charge on any atom is 0.227 e. The minimum absolute atomic E-state index is 0. The van der Waals surface area contributed by atoms with Crippen LogP contribution < -0.4 is 14.8 Å². The van der Waals surface area contributed by atoms with Crippen molar-refractivity contribution in [1.29, 1.82) is 0 Å². The maximum absolute atomic E-state index is 12.4. The van der Waals surface area contributed by atoms with Crippen LogP contribution in [-0.2, 0) is 17.6 Å². The molecule has 1 N–H and O–H groups in total. The van der Waals surface area contributed by atoms with Crippen molar-refractivity contribution in [3.8, 4) is 11.5 Å². The molecule has 0 saturated heterocycles. The molecular weight excluding hydrogens is 304 g/mol. The lowest BCUT2D eigenvalue weighted by Gasteiger charge is -2.20. The third-order valence-electron chi connectivity index (χ3n) is 3.91. The minimum atomic E-state index is 0. The minimum Gasteiger partial charge on any atom is -0.493 e. The van der Waals surface area contributed by atoms with Crippen molar-refractivity contribution >= 4 is 18.3 Å². The van der Waals surface area contributed by atoms with Crippen LogP contribution >= 0.6 is 12.4 Å². The summed E-state index contributed by atoms with van der Waals surface area (Å²) in [5.74, 6) is 1.61. The molecule has 0 aliphatic carbocycles. The summed E-state index contributed by atoms with van der Waals surface area (Å²) < 4.78 is 10.7. The second-order valence-corrected chi connectivity index (χ2v) is 5.24. The molecule has 0 fully saturated rings. The lowest BCUT2D eigenvalue weighted by molar-refractivity contribution is -0.130. The zero-order chi connectivity index (χ0) is 15.2. The van der Waals surface area contributed by atoms with Gasteiger partial charge in [-0.05, 0) is 49.7 Å². The van der Waals surface area contributed by atoms with Crippen LogP contribution in [0.2, 0.25) is 0 Å². The molecule has 1 amide bonds. The Morgan fingerprint density at radius 1 is 1.18 bits per heavy atom. The van der Waals surface area contributed by atoms with Crippen LogP contribution in [0, 0.1) is 0 Å². The molecule has 0 radical (unpaired) electrons. The van der Waals surface area contributed by atoms with E-state index in [0.29, 0.717) is 12.2 Å². The Morgan fingerprint density at radius 2 is 1.82 bits per heavy atom. The monoisotopic (exact) mass is 328 g/mol. The number of rotatable bonds is 6. The Bertz CT molecular complexity index is 508. The summed E-state index contributed by atoms with van der Waals surface area (Å²) in [6.07, 6.45) is 2.28. The molecule has 1 aromatic rings. The van der Waals surface area contributed by atoms with E-state index in [1.165, 1.54) is 5.56 Å². The Balaban J connectivity index is 0.00000242. The van der Waals surface area contributed by atoms with Crippen LogP contribution in [0.3, 0.4) is 0 Å². The van der Waals surface area contributed by atoms with Gasteiger partial charge >= 0.3 is 0 Å². The third-order valence-corrected chi connectivity index (χ3v) is 3.91. The smallest absolute Gasteiger partial charge is 0.227 e. The molecule has 0 saturated carbocycles. The number of nitrogens with one attached hydrogen (secondary N) is 1. The number of benzene rings is 1. The summed E-state index contributed by atoms with van der Waals surface area (Å²) in [6.45, 7) is 2.51. The predicted octanol–water partition coefficient (Wildman–Crippen LogP) is 1.66.